The molecule has 0 bridgehead atoms. The van der Waals surface area contributed by atoms with Gasteiger partial charge in [0.1, 0.15) is 0 Å². The molecule has 0 saturated heterocycles. The molecule has 1 aromatic rings. The average Bonchev–Trinajstić information content (AvgIpc) is 2.92. The summed E-state index contributed by atoms with van der Waals surface area (Å²) in [5.41, 5.74) is 0.0215. The van der Waals surface area contributed by atoms with Crippen molar-refractivity contribution >= 4 is 23.2 Å². The smallest absolute Gasteiger partial charge is 0.252 e. The van der Waals surface area contributed by atoms with Gasteiger partial charge in [-0.05, 0) is 24.8 Å². The summed E-state index contributed by atoms with van der Waals surface area (Å²) in [7, 11) is 0. The minimum Gasteiger partial charge on any atom is -0.394 e. The second-order valence-electron chi connectivity index (χ2n) is 4.64. The fourth-order valence-electron chi connectivity index (χ4n) is 1.42. The number of nitrogens with one attached hydrogen (secondary N) is 2. The van der Waals surface area contributed by atoms with Gasteiger partial charge in [0.15, 0.2) is 0 Å². The lowest BCUT2D eigenvalue weighted by atomic mass is 10.0. The van der Waals surface area contributed by atoms with E-state index in [9.17, 15) is 14.7 Å². The fraction of sp³-hybridized carbons (Fsp3) is 0.538. The first-order valence-electron chi connectivity index (χ1n) is 6.23. The highest BCUT2D eigenvalue weighted by atomic mass is 32.1. The Balaban J connectivity index is 2.29. The van der Waals surface area contributed by atoms with Crippen molar-refractivity contribution in [1.82, 2.24) is 10.6 Å². The van der Waals surface area contributed by atoms with Gasteiger partial charge in [-0.25, -0.2) is 0 Å². The molecule has 5 nitrogen and oxygen atoms in total. The van der Waals surface area contributed by atoms with Crippen molar-refractivity contribution in [2.45, 2.75) is 32.2 Å². The number of carbonyl (C=O) groups is 2. The van der Waals surface area contributed by atoms with Crippen LogP contribution >= 0.6 is 11.3 Å². The molecule has 1 aromatic heterocycles. The van der Waals surface area contributed by atoms with Crippen LogP contribution in [0, 0.1) is 0 Å². The topological polar surface area (TPSA) is 78.4 Å². The second kappa shape index (κ2) is 7.25. The van der Waals surface area contributed by atoms with Crippen LogP contribution in [-0.2, 0) is 4.79 Å². The lowest BCUT2D eigenvalue weighted by Gasteiger charge is -2.27. The molecule has 1 atom stereocenters. The molecule has 1 unspecified atom stereocenters. The van der Waals surface area contributed by atoms with Gasteiger partial charge >= 0.3 is 0 Å². The summed E-state index contributed by atoms with van der Waals surface area (Å²) in [6, 6.07) is 1.74. The molecule has 0 spiro atoms. The summed E-state index contributed by atoms with van der Waals surface area (Å²) in [5.74, 6) is -0.349. The molecule has 0 aliphatic rings. The van der Waals surface area contributed by atoms with Gasteiger partial charge < -0.3 is 15.7 Å². The van der Waals surface area contributed by atoms with Gasteiger partial charge in [0.05, 0.1) is 12.1 Å². The van der Waals surface area contributed by atoms with E-state index in [0.717, 1.165) is 0 Å². The minimum atomic E-state index is -0.589. The molecule has 0 radical (unpaired) electrons. The van der Waals surface area contributed by atoms with Crippen LogP contribution < -0.4 is 10.6 Å². The summed E-state index contributed by atoms with van der Waals surface area (Å²) in [5, 5.41) is 18.2. The summed E-state index contributed by atoms with van der Waals surface area (Å²) in [6.07, 6.45) is 0.849. The van der Waals surface area contributed by atoms with Gasteiger partial charge in [0.2, 0.25) is 5.91 Å². The van der Waals surface area contributed by atoms with E-state index >= 15 is 0 Å². The van der Waals surface area contributed by atoms with Crippen LogP contribution in [-0.4, -0.2) is 35.6 Å². The maximum absolute atomic E-state index is 11.7. The Hall–Kier alpha value is -1.40. The summed E-state index contributed by atoms with van der Waals surface area (Å²) >= 11 is 1.45. The van der Waals surface area contributed by atoms with E-state index in [1.807, 2.05) is 12.3 Å². The predicted molar refractivity (Wildman–Crippen MR) is 75.2 cm³/mol. The van der Waals surface area contributed by atoms with Crippen LogP contribution in [0.25, 0.3) is 0 Å². The quantitative estimate of drug-likeness (QED) is 0.702. The number of carbonyl (C=O) groups excluding carboxylic acids is 2. The van der Waals surface area contributed by atoms with Crippen molar-refractivity contribution < 1.29 is 14.7 Å². The van der Waals surface area contributed by atoms with Gasteiger partial charge in [-0.15, -0.1) is 0 Å². The number of hydrogen-bond donors (Lipinski definition) is 3. The van der Waals surface area contributed by atoms with Gasteiger partial charge in [0, 0.05) is 23.9 Å². The Morgan fingerprint density at radius 3 is 2.74 bits per heavy atom. The Bertz CT molecular complexity index is 414. The van der Waals surface area contributed by atoms with E-state index in [-0.39, 0.29) is 31.4 Å². The summed E-state index contributed by atoms with van der Waals surface area (Å²) in [4.78, 5) is 23.3. The highest BCUT2D eigenvalue weighted by Gasteiger charge is 2.22. The molecule has 1 rings (SSSR count). The number of thiophene rings is 1. The van der Waals surface area contributed by atoms with Gasteiger partial charge in [-0.3, -0.25) is 9.59 Å². The van der Waals surface area contributed by atoms with Crippen molar-refractivity contribution in [2.24, 2.45) is 0 Å². The van der Waals surface area contributed by atoms with E-state index in [0.29, 0.717) is 12.0 Å². The molecule has 6 heteroatoms. The Morgan fingerprint density at radius 1 is 1.47 bits per heavy atom. The normalized spacial score (nSPS) is 13.6. The van der Waals surface area contributed by atoms with Crippen molar-refractivity contribution in [3.63, 3.8) is 0 Å². The van der Waals surface area contributed by atoms with Crippen molar-refractivity contribution in [3.05, 3.63) is 22.4 Å². The largest absolute Gasteiger partial charge is 0.394 e. The first kappa shape index (κ1) is 15.7. The first-order valence-corrected chi connectivity index (χ1v) is 7.17. The fourth-order valence-corrected chi connectivity index (χ4v) is 2.06. The third kappa shape index (κ3) is 5.00. The molecule has 0 aliphatic carbocycles. The molecule has 0 aliphatic heterocycles. The Labute approximate surface area is 117 Å². The molecule has 19 heavy (non-hydrogen) atoms. The zero-order valence-corrected chi connectivity index (χ0v) is 12.0. The van der Waals surface area contributed by atoms with E-state index in [1.54, 1.807) is 18.4 Å². The van der Waals surface area contributed by atoms with Gasteiger partial charge in [-0.2, -0.15) is 11.3 Å². The highest BCUT2D eigenvalue weighted by Crippen LogP contribution is 2.08. The van der Waals surface area contributed by atoms with Crippen molar-refractivity contribution in [3.8, 4) is 0 Å². The third-order valence-electron chi connectivity index (χ3n) is 2.99. The van der Waals surface area contributed by atoms with E-state index < -0.39 is 5.54 Å². The third-order valence-corrected chi connectivity index (χ3v) is 3.67. The van der Waals surface area contributed by atoms with Crippen LogP contribution in [0.15, 0.2) is 16.8 Å². The molecule has 3 N–H and O–H groups in total. The predicted octanol–water partition coefficient (Wildman–Crippen LogP) is 1.15. The second-order valence-corrected chi connectivity index (χ2v) is 5.42. The Morgan fingerprint density at radius 2 is 2.21 bits per heavy atom. The Kier molecular flexibility index (Phi) is 5.98. The number of hydrogen-bond acceptors (Lipinski definition) is 4. The standard InChI is InChI=1S/C13H20N2O3S/c1-3-13(2,9-16)15-11(17)4-6-14-12(18)10-5-7-19-8-10/h5,7-8,16H,3-4,6,9H2,1-2H3,(H,14,18)(H,15,17). The SMILES string of the molecule is CCC(C)(CO)NC(=O)CCNC(=O)c1ccsc1. The summed E-state index contributed by atoms with van der Waals surface area (Å²) < 4.78 is 0. The molecule has 0 saturated carbocycles. The minimum absolute atomic E-state index is 0.101. The van der Waals surface area contributed by atoms with Crippen LogP contribution in [0.2, 0.25) is 0 Å². The maximum Gasteiger partial charge on any atom is 0.252 e. The van der Waals surface area contributed by atoms with Crippen LogP contribution in [0.3, 0.4) is 0 Å². The average molecular weight is 284 g/mol. The zero-order chi connectivity index (χ0) is 14.3. The molecular weight excluding hydrogens is 264 g/mol. The number of aliphatic hydroxyl groups excluding tert-OH is 1. The van der Waals surface area contributed by atoms with Crippen LogP contribution in [0.4, 0.5) is 0 Å². The van der Waals surface area contributed by atoms with Crippen molar-refractivity contribution in [1.29, 1.82) is 0 Å². The molecule has 1 heterocycles. The lowest BCUT2D eigenvalue weighted by molar-refractivity contribution is -0.123. The lowest BCUT2D eigenvalue weighted by Crippen LogP contribution is -2.49. The number of rotatable bonds is 7. The van der Waals surface area contributed by atoms with Gasteiger partial charge in [0.25, 0.3) is 5.91 Å². The monoisotopic (exact) mass is 284 g/mol. The molecule has 2 amide bonds. The molecular formula is C13H20N2O3S. The first-order chi connectivity index (χ1) is 9.00. The molecule has 0 aromatic carbocycles. The molecule has 106 valence electrons. The highest BCUT2D eigenvalue weighted by molar-refractivity contribution is 7.08. The van der Waals surface area contributed by atoms with E-state index in [1.165, 1.54) is 11.3 Å². The van der Waals surface area contributed by atoms with E-state index in [2.05, 4.69) is 10.6 Å². The molecule has 0 fully saturated rings. The van der Waals surface area contributed by atoms with E-state index in [4.69, 9.17) is 0 Å². The van der Waals surface area contributed by atoms with Crippen molar-refractivity contribution in [2.75, 3.05) is 13.2 Å². The van der Waals surface area contributed by atoms with Crippen LogP contribution in [0.1, 0.15) is 37.0 Å². The van der Waals surface area contributed by atoms with Gasteiger partial charge in [-0.1, -0.05) is 6.92 Å². The zero-order valence-electron chi connectivity index (χ0n) is 11.2. The summed E-state index contributed by atoms with van der Waals surface area (Å²) in [6.45, 7) is 3.87. The maximum atomic E-state index is 11.7. The van der Waals surface area contributed by atoms with Crippen LogP contribution in [0.5, 0.6) is 0 Å². The number of amides is 2. The number of aliphatic hydroxyl groups is 1.